The second-order valence-electron chi connectivity index (χ2n) is 6.48. The monoisotopic (exact) mass is 300 g/mol. The van der Waals surface area contributed by atoms with E-state index >= 15 is 0 Å². The third-order valence-corrected chi connectivity index (χ3v) is 4.71. The number of hydrogen-bond acceptors (Lipinski definition) is 2. The average molecular weight is 300 g/mol. The van der Waals surface area contributed by atoms with Gasteiger partial charge in [-0.25, -0.2) is 0 Å². The number of hydrogen-bond donors (Lipinski definition) is 0. The molecule has 1 aromatic rings. The third kappa shape index (κ3) is 3.16. The molecule has 2 saturated heterocycles. The van der Waals surface area contributed by atoms with Crippen LogP contribution in [-0.4, -0.2) is 36.3 Å². The Balaban J connectivity index is 1.69. The highest BCUT2D eigenvalue weighted by molar-refractivity contribution is 6.00. The molecule has 2 amide bonds. The lowest BCUT2D eigenvalue weighted by atomic mass is 10.1. The average Bonchev–Trinajstić information content (AvgIpc) is 2.73. The third-order valence-electron chi connectivity index (χ3n) is 4.71. The molecule has 0 spiro atoms. The van der Waals surface area contributed by atoms with Crippen molar-refractivity contribution in [1.29, 1.82) is 0 Å². The predicted molar refractivity (Wildman–Crippen MR) is 86.7 cm³/mol. The van der Waals surface area contributed by atoms with Crippen LogP contribution < -0.4 is 4.90 Å². The van der Waals surface area contributed by atoms with Gasteiger partial charge in [-0.3, -0.25) is 9.59 Å². The van der Waals surface area contributed by atoms with E-state index in [4.69, 9.17) is 0 Å². The zero-order valence-electron chi connectivity index (χ0n) is 13.3. The van der Waals surface area contributed by atoms with Crippen LogP contribution in [0.25, 0.3) is 0 Å². The highest BCUT2D eigenvalue weighted by Crippen LogP contribution is 2.27. The summed E-state index contributed by atoms with van der Waals surface area (Å²) in [6.07, 6.45) is 4.96. The molecule has 0 N–H and O–H groups in total. The van der Waals surface area contributed by atoms with Gasteiger partial charge in [0.2, 0.25) is 11.8 Å². The zero-order valence-corrected chi connectivity index (χ0v) is 13.3. The van der Waals surface area contributed by atoms with Crippen LogP contribution in [0.4, 0.5) is 5.69 Å². The Morgan fingerprint density at radius 3 is 2.55 bits per heavy atom. The van der Waals surface area contributed by atoms with Gasteiger partial charge < -0.3 is 9.80 Å². The van der Waals surface area contributed by atoms with Crippen LogP contribution in [0.5, 0.6) is 0 Å². The van der Waals surface area contributed by atoms with E-state index in [0.717, 1.165) is 37.2 Å². The molecule has 118 valence electrons. The topological polar surface area (TPSA) is 40.6 Å². The van der Waals surface area contributed by atoms with Crippen LogP contribution in [0.3, 0.4) is 0 Å². The summed E-state index contributed by atoms with van der Waals surface area (Å²) in [5.41, 5.74) is 2.05. The fourth-order valence-electron chi connectivity index (χ4n) is 3.47. The molecule has 22 heavy (non-hydrogen) atoms. The standard InChI is InChI=1S/C18H24N2O2/c1-14-7-6-8-16(11-14)20-13-15(12-17(20)21)18(22)19-9-4-2-3-5-10-19/h6-8,11,15H,2-5,9-10,12-13H2,1H3/t15-/m1/s1. The number of anilines is 1. The van der Waals surface area contributed by atoms with E-state index in [1.54, 1.807) is 4.90 Å². The lowest BCUT2D eigenvalue weighted by molar-refractivity contribution is -0.135. The van der Waals surface area contributed by atoms with E-state index in [2.05, 4.69) is 0 Å². The van der Waals surface area contributed by atoms with Crippen LogP contribution in [0.1, 0.15) is 37.7 Å². The molecule has 0 aliphatic carbocycles. The molecular formula is C18H24N2O2. The predicted octanol–water partition coefficient (Wildman–Crippen LogP) is 2.75. The van der Waals surface area contributed by atoms with Crippen molar-refractivity contribution in [3.63, 3.8) is 0 Å². The van der Waals surface area contributed by atoms with Gasteiger partial charge in [0, 0.05) is 31.7 Å². The molecule has 3 rings (SSSR count). The first-order chi connectivity index (χ1) is 10.6. The summed E-state index contributed by atoms with van der Waals surface area (Å²) in [5.74, 6) is 0.0651. The Labute approximate surface area is 132 Å². The summed E-state index contributed by atoms with van der Waals surface area (Å²) in [6, 6.07) is 7.94. The van der Waals surface area contributed by atoms with E-state index in [1.807, 2.05) is 36.1 Å². The maximum atomic E-state index is 12.7. The molecule has 1 atom stereocenters. The first-order valence-corrected chi connectivity index (χ1v) is 8.31. The van der Waals surface area contributed by atoms with Gasteiger partial charge in [-0.1, -0.05) is 25.0 Å². The molecule has 4 nitrogen and oxygen atoms in total. The maximum Gasteiger partial charge on any atom is 0.228 e. The van der Waals surface area contributed by atoms with Crippen molar-refractivity contribution in [2.75, 3.05) is 24.5 Å². The summed E-state index contributed by atoms with van der Waals surface area (Å²) in [6.45, 7) is 4.25. The number of amides is 2. The molecule has 0 radical (unpaired) electrons. The van der Waals surface area contributed by atoms with Crippen LogP contribution in [-0.2, 0) is 9.59 Å². The molecule has 2 heterocycles. The second kappa shape index (κ2) is 6.51. The van der Waals surface area contributed by atoms with Crippen molar-refractivity contribution in [3.05, 3.63) is 29.8 Å². The van der Waals surface area contributed by atoms with Crippen molar-refractivity contribution in [2.45, 2.75) is 39.0 Å². The highest BCUT2D eigenvalue weighted by atomic mass is 16.2. The lowest BCUT2D eigenvalue weighted by Crippen LogP contribution is -2.38. The second-order valence-corrected chi connectivity index (χ2v) is 6.48. The molecule has 4 heteroatoms. The van der Waals surface area contributed by atoms with Gasteiger partial charge in [-0.15, -0.1) is 0 Å². The SMILES string of the molecule is Cc1cccc(N2C[C@H](C(=O)N3CCCCCC3)CC2=O)c1. The minimum Gasteiger partial charge on any atom is -0.342 e. The summed E-state index contributed by atoms with van der Waals surface area (Å²) in [7, 11) is 0. The molecule has 0 aromatic heterocycles. The van der Waals surface area contributed by atoms with Crippen LogP contribution in [0, 0.1) is 12.8 Å². The van der Waals surface area contributed by atoms with E-state index in [1.165, 1.54) is 12.8 Å². The largest absolute Gasteiger partial charge is 0.342 e. The molecule has 0 bridgehead atoms. The van der Waals surface area contributed by atoms with E-state index in [-0.39, 0.29) is 17.7 Å². The molecule has 1 aromatic carbocycles. The molecular weight excluding hydrogens is 276 g/mol. The van der Waals surface area contributed by atoms with Gasteiger partial charge >= 0.3 is 0 Å². The van der Waals surface area contributed by atoms with Gasteiger partial charge in [0.05, 0.1) is 5.92 Å². The van der Waals surface area contributed by atoms with Gasteiger partial charge in [0.1, 0.15) is 0 Å². The number of benzene rings is 1. The Kier molecular flexibility index (Phi) is 4.46. The van der Waals surface area contributed by atoms with Gasteiger partial charge in [-0.05, 0) is 37.5 Å². The normalized spacial score (nSPS) is 22.8. The number of carbonyl (C=O) groups excluding carboxylic acids is 2. The van der Waals surface area contributed by atoms with E-state index in [0.29, 0.717) is 13.0 Å². The number of carbonyl (C=O) groups is 2. The molecule has 0 saturated carbocycles. The molecule has 0 unspecified atom stereocenters. The van der Waals surface area contributed by atoms with Crippen molar-refractivity contribution >= 4 is 17.5 Å². The Morgan fingerprint density at radius 1 is 1.14 bits per heavy atom. The summed E-state index contributed by atoms with van der Waals surface area (Å²) in [5, 5.41) is 0. The van der Waals surface area contributed by atoms with E-state index in [9.17, 15) is 9.59 Å². The summed E-state index contributed by atoms with van der Waals surface area (Å²) in [4.78, 5) is 28.7. The fraction of sp³-hybridized carbons (Fsp3) is 0.556. The summed E-state index contributed by atoms with van der Waals surface area (Å²) < 4.78 is 0. The molecule has 2 aliphatic heterocycles. The Hall–Kier alpha value is -1.84. The molecule has 2 fully saturated rings. The number of likely N-dealkylation sites (tertiary alicyclic amines) is 1. The van der Waals surface area contributed by atoms with E-state index < -0.39 is 0 Å². The van der Waals surface area contributed by atoms with Crippen LogP contribution in [0.2, 0.25) is 0 Å². The van der Waals surface area contributed by atoms with Gasteiger partial charge in [-0.2, -0.15) is 0 Å². The molecule has 2 aliphatic rings. The smallest absolute Gasteiger partial charge is 0.228 e. The lowest BCUT2D eigenvalue weighted by Gasteiger charge is -2.24. The van der Waals surface area contributed by atoms with Gasteiger partial charge in [0.25, 0.3) is 0 Å². The highest BCUT2D eigenvalue weighted by Gasteiger charge is 2.37. The minimum atomic E-state index is -0.175. The minimum absolute atomic E-state index is 0.0683. The first-order valence-electron chi connectivity index (χ1n) is 8.31. The van der Waals surface area contributed by atoms with Crippen LogP contribution >= 0.6 is 0 Å². The van der Waals surface area contributed by atoms with Crippen molar-refractivity contribution in [1.82, 2.24) is 4.90 Å². The maximum absolute atomic E-state index is 12.7. The van der Waals surface area contributed by atoms with Crippen molar-refractivity contribution < 1.29 is 9.59 Å². The quantitative estimate of drug-likeness (QED) is 0.842. The number of aryl methyl sites for hydroxylation is 1. The van der Waals surface area contributed by atoms with Crippen LogP contribution in [0.15, 0.2) is 24.3 Å². The fourth-order valence-corrected chi connectivity index (χ4v) is 3.47. The van der Waals surface area contributed by atoms with Gasteiger partial charge in [0.15, 0.2) is 0 Å². The number of nitrogens with zero attached hydrogens (tertiary/aromatic N) is 2. The Morgan fingerprint density at radius 2 is 1.86 bits per heavy atom. The Bertz CT molecular complexity index is 562. The van der Waals surface area contributed by atoms with Crippen molar-refractivity contribution in [2.24, 2.45) is 5.92 Å². The zero-order chi connectivity index (χ0) is 15.5. The van der Waals surface area contributed by atoms with Crippen molar-refractivity contribution in [3.8, 4) is 0 Å². The first kappa shape index (κ1) is 15.1. The number of rotatable bonds is 2. The summed E-state index contributed by atoms with van der Waals surface area (Å²) >= 11 is 0.